The van der Waals surface area contributed by atoms with E-state index in [2.05, 4.69) is 0 Å². The van der Waals surface area contributed by atoms with Crippen molar-refractivity contribution >= 4 is 34.9 Å². The number of halogens is 1. The van der Waals surface area contributed by atoms with E-state index < -0.39 is 0 Å². The minimum atomic E-state index is 0.0170. The molecule has 0 atom stereocenters. The number of nitrogens with two attached hydrogens (primary N) is 1. The molecule has 0 unspecified atom stereocenters. The topological polar surface area (TPSA) is 68.3 Å². The number of nitriles is 1. The van der Waals surface area contributed by atoms with Crippen LogP contribution in [0.5, 0.6) is 11.5 Å². The highest BCUT2D eigenvalue weighted by molar-refractivity contribution is 7.80. The molecule has 1 aromatic carbocycles. The lowest BCUT2D eigenvalue weighted by molar-refractivity contribution is 0.355. The second kappa shape index (κ2) is 6.24. The Labute approximate surface area is 116 Å². The third-order valence-corrected chi connectivity index (χ3v) is 2.81. The van der Waals surface area contributed by atoms with E-state index in [1.807, 2.05) is 6.07 Å². The Bertz CT molecular complexity index is 550. The van der Waals surface area contributed by atoms with Crippen LogP contribution in [0.25, 0.3) is 6.08 Å². The van der Waals surface area contributed by atoms with Crippen molar-refractivity contribution in [2.75, 3.05) is 14.2 Å². The molecule has 94 valence electrons. The summed E-state index contributed by atoms with van der Waals surface area (Å²) < 4.78 is 10.3. The van der Waals surface area contributed by atoms with Crippen molar-refractivity contribution in [2.45, 2.75) is 0 Å². The van der Waals surface area contributed by atoms with Gasteiger partial charge in [-0.15, -0.1) is 0 Å². The first-order chi connectivity index (χ1) is 8.54. The SMILES string of the molecule is COc1ccc(C=C(C#N)C(N)=S)c(Cl)c1OC. The number of nitrogens with zero attached hydrogens (tertiary/aromatic N) is 1. The van der Waals surface area contributed by atoms with Gasteiger partial charge in [-0.05, 0) is 23.8 Å². The van der Waals surface area contributed by atoms with Gasteiger partial charge in [-0.2, -0.15) is 5.26 Å². The van der Waals surface area contributed by atoms with E-state index in [1.165, 1.54) is 20.3 Å². The maximum absolute atomic E-state index is 8.89. The monoisotopic (exact) mass is 282 g/mol. The average Bonchev–Trinajstić information content (AvgIpc) is 2.36. The van der Waals surface area contributed by atoms with Gasteiger partial charge in [-0.25, -0.2) is 0 Å². The summed E-state index contributed by atoms with van der Waals surface area (Å²) in [6, 6.07) is 5.29. The Morgan fingerprint density at radius 3 is 2.56 bits per heavy atom. The van der Waals surface area contributed by atoms with Crippen LogP contribution < -0.4 is 15.2 Å². The average molecular weight is 283 g/mol. The molecule has 1 aromatic rings. The van der Waals surface area contributed by atoms with Gasteiger partial charge in [0.2, 0.25) is 0 Å². The van der Waals surface area contributed by atoms with Crippen molar-refractivity contribution in [1.82, 2.24) is 0 Å². The molecule has 0 spiro atoms. The molecule has 0 aliphatic carbocycles. The van der Waals surface area contributed by atoms with Crippen LogP contribution in [0.1, 0.15) is 5.56 Å². The standard InChI is InChI=1S/C12H11ClN2O2S/c1-16-9-4-3-7(10(13)11(9)17-2)5-8(6-14)12(15)18/h3-5H,1-2H3,(H2,15,18). The van der Waals surface area contributed by atoms with Crippen LogP contribution in [0, 0.1) is 11.3 Å². The Kier molecular flexibility index (Phi) is 4.95. The van der Waals surface area contributed by atoms with Gasteiger partial charge < -0.3 is 15.2 Å². The number of rotatable bonds is 4. The molecule has 0 bridgehead atoms. The zero-order chi connectivity index (χ0) is 13.7. The highest BCUT2D eigenvalue weighted by Crippen LogP contribution is 2.38. The van der Waals surface area contributed by atoms with E-state index in [-0.39, 0.29) is 10.6 Å². The molecule has 4 nitrogen and oxygen atoms in total. The van der Waals surface area contributed by atoms with Gasteiger partial charge in [0.1, 0.15) is 11.1 Å². The molecule has 0 amide bonds. The lowest BCUT2D eigenvalue weighted by atomic mass is 10.1. The van der Waals surface area contributed by atoms with Crippen molar-refractivity contribution < 1.29 is 9.47 Å². The Morgan fingerprint density at radius 2 is 2.11 bits per heavy atom. The Balaban J connectivity index is 3.37. The Morgan fingerprint density at radius 1 is 1.44 bits per heavy atom. The van der Waals surface area contributed by atoms with Crippen LogP contribution in [-0.2, 0) is 0 Å². The van der Waals surface area contributed by atoms with Gasteiger partial charge in [0.15, 0.2) is 11.5 Å². The van der Waals surface area contributed by atoms with Gasteiger partial charge >= 0.3 is 0 Å². The summed E-state index contributed by atoms with van der Waals surface area (Å²) in [7, 11) is 3.00. The zero-order valence-corrected chi connectivity index (χ0v) is 11.4. The number of methoxy groups -OCH3 is 2. The maximum atomic E-state index is 8.89. The van der Waals surface area contributed by atoms with Gasteiger partial charge in [0, 0.05) is 0 Å². The van der Waals surface area contributed by atoms with Crippen molar-refractivity contribution in [3.8, 4) is 17.6 Å². The fourth-order valence-electron chi connectivity index (χ4n) is 1.33. The van der Waals surface area contributed by atoms with Crippen LogP contribution in [0.3, 0.4) is 0 Å². The maximum Gasteiger partial charge on any atom is 0.179 e. The predicted octanol–water partition coefficient (Wildman–Crippen LogP) is 2.55. The highest BCUT2D eigenvalue weighted by atomic mass is 35.5. The second-order valence-corrected chi connectivity index (χ2v) is 4.06. The van der Waals surface area contributed by atoms with Crippen LogP contribution in [0.4, 0.5) is 0 Å². The minimum Gasteiger partial charge on any atom is -0.493 e. The van der Waals surface area contributed by atoms with Crippen molar-refractivity contribution in [2.24, 2.45) is 5.73 Å². The first kappa shape index (κ1) is 14.3. The molecular formula is C12H11ClN2O2S. The van der Waals surface area contributed by atoms with Crippen LogP contribution >= 0.6 is 23.8 Å². The molecule has 0 aliphatic heterocycles. The van der Waals surface area contributed by atoms with Crippen molar-refractivity contribution in [3.05, 3.63) is 28.3 Å². The molecule has 6 heteroatoms. The van der Waals surface area contributed by atoms with E-state index in [4.69, 9.17) is 44.3 Å². The summed E-state index contributed by atoms with van der Waals surface area (Å²) in [4.78, 5) is 0.0170. The van der Waals surface area contributed by atoms with E-state index >= 15 is 0 Å². The van der Waals surface area contributed by atoms with Crippen molar-refractivity contribution in [1.29, 1.82) is 5.26 Å². The van der Waals surface area contributed by atoms with Gasteiger partial charge in [-0.1, -0.05) is 23.8 Å². The molecule has 0 heterocycles. The molecule has 18 heavy (non-hydrogen) atoms. The van der Waals surface area contributed by atoms with Crippen LogP contribution in [0.15, 0.2) is 17.7 Å². The highest BCUT2D eigenvalue weighted by Gasteiger charge is 2.12. The molecule has 2 N–H and O–H groups in total. The summed E-state index contributed by atoms with van der Waals surface area (Å²) in [5.74, 6) is 0.904. The molecule has 0 saturated carbocycles. The first-order valence-corrected chi connectivity index (χ1v) is 5.65. The molecule has 1 rings (SSSR count). The predicted molar refractivity (Wildman–Crippen MR) is 74.9 cm³/mol. The first-order valence-electron chi connectivity index (χ1n) is 4.87. The van der Waals surface area contributed by atoms with E-state index in [0.29, 0.717) is 22.1 Å². The molecule has 0 aliphatic rings. The number of hydrogen-bond donors (Lipinski definition) is 1. The molecule has 0 radical (unpaired) electrons. The third kappa shape index (κ3) is 2.92. The van der Waals surface area contributed by atoms with E-state index in [1.54, 1.807) is 12.1 Å². The van der Waals surface area contributed by atoms with Crippen molar-refractivity contribution in [3.63, 3.8) is 0 Å². The van der Waals surface area contributed by atoms with Gasteiger partial charge in [-0.3, -0.25) is 0 Å². The van der Waals surface area contributed by atoms with Crippen LogP contribution in [0.2, 0.25) is 5.02 Å². The molecular weight excluding hydrogens is 272 g/mol. The number of thiocarbonyl (C=S) groups is 1. The lowest BCUT2D eigenvalue weighted by Crippen LogP contribution is -2.09. The third-order valence-electron chi connectivity index (χ3n) is 2.20. The normalized spacial score (nSPS) is 10.7. The number of benzene rings is 1. The summed E-state index contributed by atoms with van der Waals surface area (Å²) >= 11 is 10.9. The van der Waals surface area contributed by atoms with E-state index in [9.17, 15) is 0 Å². The van der Waals surface area contributed by atoms with Crippen LogP contribution in [-0.4, -0.2) is 19.2 Å². The van der Waals surface area contributed by atoms with Gasteiger partial charge in [0.25, 0.3) is 0 Å². The number of ether oxygens (including phenoxy) is 2. The fraction of sp³-hybridized carbons (Fsp3) is 0.167. The van der Waals surface area contributed by atoms with E-state index in [0.717, 1.165) is 0 Å². The minimum absolute atomic E-state index is 0.0170. The largest absolute Gasteiger partial charge is 0.493 e. The molecule has 0 saturated heterocycles. The Hall–Kier alpha value is -1.77. The smallest absolute Gasteiger partial charge is 0.179 e. The summed E-state index contributed by atoms with van der Waals surface area (Å²) in [5.41, 5.74) is 6.18. The van der Waals surface area contributed by atoms with Gasteiger partial charge in [0.05, 0.1) is 24.8 Å². The molecule has 0 aromatic heterocycles. The number of hydrogen-bond acceptors (Lipinski definition) is 4. The fourth-order valence-corrected chi connectivity index (χ4v) is 1.72. The lowest BCUT2D eigenvalue weighted by Gasteiger charge is -2.11. The summed E-state index contributed by atoms with van der Waals surface area (Å²) in [6.07, 6.45) is 1.51. The second-order valence-electron chi connectivity index (χ2n) is 3.24. The zero-order valence-electron chi connectivity index (χ0n) is 9.86. The summed E-state index contributed by atoms with van der Waals surface area (Å²) in [5, 5.41) is 9.23. The molecule has 0 fully saturated rings. The summed E-state index contributed by atoms with van der Waals surface area (Å²) in [6.45, 7) is 0. The quantitative estimate of drug-likeness (QED) is 0.522.